The van der Waals surface area contributed by atoms with E-state index in [1.165, 1.54) is 4.80 Å². The first-order valence-corrected chi connectivity index (χ1v) is 7.98. The fourth-order valence-corrected chi connectivity index (χ4v) is 2.60. The molecule has 4 rings (SSSR count). The normalized spacial score (nSPS) is 10.5. The van der Waals surface area contributed by atoms with Crippen molar-refractivity contribution in [2.75, 3.05) is 10.7 Å². The molecule has 0 radical (unpaired) electrons. The van der Waals surface area contributed by atoms with Crippen molar-refractivity contribution in [1.82, 2.24) is 25.0 Å². The van der Waals surface area contributed by atoms with Gasteiger partial charge in [0.1, 0.15) is 0 Å². The van der Waals surface area contributed by atoms with Crippen LogP contribution in [-0.4, -0.2) is 25.0 Å². The van der Waals surface area contributed by atoms with Crippen LogP contribution in [0.25, 0.3) is 16.9 Å². The van der Waals surface area contributed by atoms with Gasteiger partial charge in [-0.25, -0.2) is 5.84 Å². The number of hydrogen-bond donors (Lipinski definition) is 3. The molecule has 2 aromatic carbocycles. The second kappa shape index (κ2) is 6.99. The van der Waals surface area contributed by atoms with Gasteiger partial charge >= 0.3 is 0 Å². The van der Waals surface area contributed by atoms with Gasteiger partial charge in [0, 0.05) is 5.69 Å². The Labute approximate surface area is 149 Å². The van der Waals surface area contributed by atoms with Crippen molar-refractivity contribution in [1.29, 1.82) is 0 Å². The van der Waals surface area contributed by atoms with Gasteiger partial charge in [0.15, 0.2) is 11.6 Å². The van der Waals surface area contributed by atoms with Gasteiger partial charge in [-0.15, -0.1) is 4.80 Å². The second-order valence-electron chi connectivity index (χ2n) is 5.41. The van der Waals surface area contributed by atoms with Crippen LogP contribution in [0, 0.1) is 0 Å². The molecule has 0 fully saturated rings. The van der Waals surface area contributed by atoms with Crippen molar-refractivity contribution >= 4 is 17.5 Å². The maximum Gasteiger partial charge on any atom is 0.231 e. The molecule has 4 N–H and O–H groups in total. The molecule has 128 valence electrons. The summed E-state index contributed by atoms with van der Waals surface area (Å²) in [4.78, 5) is 10.6. The molecular weight excluding hydrogens is 328 g/mol. The van der Waals surface area contributed by atoms with Crippen molar-refractivity contribution in [3.05, 3.63) is 73.1 Å². The summed E-state index contributed by atoms with van der Waals surface area (Å²) >= 11 is 0. The lowest BCUT2D eigenvalue weighted by Crippen LogP contribution is -2.15. The highest BCUT2D eigenvalue weighted by atomic mass is 15.5. The van der Waals surface area contributed by atoms with Crippen LogP contribution in [0.5, 0.6) is 0 Å². The third kappa shape index (κ3) is 3.08. The van der Waals surface area contributed by atoms with Gasteiger partial charge in [0.2, 0.25) is 5.95 Å². The minimum atomic E-state index is 0.385. The molecule has 0 saturated carbocycles. The first-order chi connectivity index (χ1) is 12.8. The molecule has 2 aromatic heterocycles. The molecule has 2 heterocycles. The number of para-hydroxylation sites is 1. The van der Waals surface area contributed by atoms with E-state index in [0.29, 0.717) is 23.1 Å². The lowest BCUT2D eigenvalue weighted by molar-refractivity contribution is 0.729. The van der Waals surface area contributed by atoms with Crippen LogP contribution in [0.1, 0.15) is 0 Å². The van der Waals surface area contributed by atoms with E-state index in [0.717, 1.165) is 11.3 Å². The quantitative estimate of drug-likeness (QED) is 0.377. The Morgan fingerprint density at radius 3 is 2.12 bits per heavy atom. The van der Waals surface area contributed by atoms with E-state index in [1.54, 1.807) is 12.4 Å². The first kappa shape index (κ1) is 15.7. The molecule has 0 aliphatic heterocycles. The molecule has 0 spiro atoms. The maximum atomic E-state index is 5.75. The Kier molecular flexibility index (Phi) is 4.23. The Morgan fingerprint density at radius 1 is 0.808 bits per heavy atom. The molecule has 8 heteroatoms. The summed E-state index contributed by atoms with van der Waals surface area (Å²) in [5.41, 5.74) is 5.14. The molecule has 0 bridgehead atoms. The number of rotatable bonds is 5. The molecule has 4 aromatic rings. The van der Waals surface area contributed by atoms with E-state index in [4.69, 9.17) is 5.84 Å². The fourth-order valence-electron chi connectivity index (χ4n) is 2.60. The van der Waals surface area contributed by atoms with Gasteiger partial charge in [0.25, 0.3) is 0 Å². The largest absolute Gasteiger partial charge is 0.324 e. The number of anilines is 3. The number of hydrazine groups is 1. The average Bonchev–Trinajstić information content (AvgIpc) is 3.23. The molecule has 0 saturated heterocycles. The van der Waals surface area contributed by atoms with Crippen molar-refractivity contribution < 1.29 is 0 Å². The second-order valence-corrected chi connectivity index (χ2v) is 5.41. The van der Waals surface area contributed by atoms with Gasteiger partial charge in [0.05, 0.1) is 18.0 Å². The number of nitrogen functional groups attached to an aromatic ring is 1. The van der Waals surface area contributed by atoms with Crippen LogP contribution in [0.3, 0.4) is 0 Å². The van der Waals surface area contributed by atoms with Crippen LogP contribution in [0.15, 0.2) is 73.1 Å². The summed E-state index contributed by atoms with van der Waals surface area (Å²) in [6.45, 7) is 0. The van der Waals surface area contributed by atoms with Crippen LogP contribution >= 0.6 is 0 Å². The average molecular weight is 344 g/mol. The first-order valence-electron chi connectivity index (χ1n) is 7.98. The summed E-state index contributed by atoms with van der Waals surface area (Å²) in [5, 5.41) is 11.6. The number of hydrogen-bond acceptors (Lipinski definition) is 7. The maximum absolute atomic E-state index is 5.75. The predicted octanol–water partition coefficient (Wildman–Crippen LogP) is 2.75. The molecule has 8 nitrogen and oxygen atoms in total. The van der Waals surface area contributed by atoms with Gasteiger partial charge in [-0.3, -0.25) is 0 Å². The van der Waals surface area contributed by atoms with Crippen molar-refractivity contribution in [3.63, 3.8) is 0 Å². The SMILES string of the molecule is NNc1nc(Nc2ccccc2)nc(-n2nccn2)c1-c1ccccc1. The van der Waals surface area contributed by atoms with E-state index in [9.17, 15) is 0 Å². The van der Waals surface area contributed by atoms with E-state index >= 15 is 0 Å². The van der Waals surface area contributed by atoms with E-state index in [2.05, 4.69) is 30.9 Å². The standard InChI is InChI=1S/C18H16N8/c19-25-16-15(13-7-3-1-4-8-13)17(26-20-11-12-21-26)24-18(23-16)22-14-9-5-2-6-10-14/h1-12H,19H2,(H2,22,23,24,25). The zero-order valence-electron chi connectivity index (χ0n) is 13.7. The highest BCUT2D eigenvalue weighted by molar-refractivity contribution is 5.82. The highest BCUT2D eigenvalue weighted by Crippen LogP contribution is 2.32. The molecule has 26 heavy (non-hydrogen) atoms. The van der Waals surface area contributed by atoms with Crippen LogP contribution in [-0.2, 0) is 0 Å². The molecule has 0 aliphatic rings. The van der Waals surface area contributed by atoms with Crippen molar-refractivity contribution in [3.8, 4) is 16.9 Å². The predicted molar refractivity (Wildman–Crippen MR) is 99.9 cm³/mol. The van der Waals surface area contributed by atoms with Crippen LogP contribution in [0.2, 0.25) is 0 Å². The third-order valence-electron chi connectivity index (χ3n) is 3.73. The zero-order chi connectivity index (χ0) is 17.8. The summed E-state index contributed by atoms with van der Waals surface area (Å²) in [6, 6.07) is 19.4. The number of nitrogens with one attached hydrogen (secondary N) is 2. The minimum Gasteiger partial charge on any atom is -0.324 e. The number of nitrogens with zero attached hydrogens (tertiary/aromatic N) is 5. The smallest absolute Gasteiger partial charge is 0.231 e. The molecule has 0 unspecified atom stereocenters. The highest BCUT2D eigenvalue weighted by Gasteiger charge is 2.18. The van der Waals surface area contributed by atoms with Gasteiger partial charge in [-0.2, -0.15) is 20.2 Å². The Hall–Kier alpha value is -3.78. The summed E-state index contributed by atoms with van der Waals surface area (Å²) < 4.78 is 0. The lowest BCUT2D eigenvalue weighted by Gasteiger charge is -2.15. The van der Waals surface area contributed by atoms with Crippen LogP contribution in [0.4, 0.5) is 17.5 Å². The number of nitrogens with two attached hydrogens (primary N) is 1. The molecule has 0 aliphatic carbocycles. The van der Waals surface area contributed by atoms with E-state index < -0.39 is 0 Å². The monoisotopic (exact) mass is 344 g/mol. The van der Waals surface area contributed by atoms with Gasteiger partial charge in [-0.05, 0) is 17.7 Å². The topological polar surface area (TPSA) is 107 Å². The number of benzene rings is 2. The molecule has 0 atom stereocenters. The Balaban J connectivity index is 1.88. The van der Waals surface area contributed by atoms with Gasteiger partial charge in [-0.1, -0.05) is 48.5 Å². The van der Waals surface area contributed by atoms with E-state index in [-0.39, 0.29) is 0 Å². The summed E-state index contributed by atoms with van der Waals surface area (Å²) in [6.07, 6.45) is 3.19. The Bertz CT molecular complexity index is 985. The molecular formula is C18H16N8. The summed E-state index contributed by atoms with van der Waals surface area (Å²) in [7, 11) is 0. The van der Waals surface area contributed by atoms with E-state index in [1.807, 2.05) is 60.7 Å². The molecule has 0 amide bonds. The lowest BCUT2D eigenvalue weighted by atomic mass is 10.1. The fraction of sp³-hybridized carbons (Fsp3) is 0. The summed E-state index contributed by atoms with van der Waals surface area (Å²) in [5.74, 6) is 7.13. The van der Waals surface area contributed by atoms with Crippen molar-refractivity contribution in [2.24, 2.45) is 5.84 Å². The zero-order valence-corrected chi connectivity index (χ0v) is 13.7. The van der Waals surface area contributed by atoms with Crippen molar-refractivity contribution in [2.45, 2.75) is 0 Å². The van der Waals surface area contributed by atoms with Crippen LogP contribution < -0.4 is 16.6 Å². The van der Waals surface area contributed by atoms with Gasteiger partial charge < -0.3 is 10.7 Å². The Morgan fingerprint density at radius 2 is 1.46 bits per heavy atom. The minimum absolute atomic E-state index is 0.385. The number of aromatic nitrogens is 5. The third-order valence-corrected chi connectivity index (χ3v) is 3.73.